The highest BCUT2D eigenvalue weighted by atomic mass is 35.5. The maximum absolute atomic E-state index is 13.0. The molecule has 0 saturated carbocycles. The van der Waals surface area contributed by atoms with E-state index in [4.69, 9.17) is 11.6 Å². The second-order valence-electron chi connectivity index (χ2n) is 9.41. The zero-order chi connectivity index (χ0) is 26.6. The van der Waals surface area contributed by atoms with E-state index in [0.29, 0.717) is 22.8 Å². The van der Waals surface area contributed by atoms with Crippen LogP contribution in [-0.2, 0) is 0 Å². The van der Waals surface area contributed by atoms with Gasteiger partial charge in [-0.2, -0.15) is 5.10 Å². The highest BCUT2D eigenvalue weighted by Gasteiger charge is 2.23. The van der Waals surface area contributed by atoms with E-state index >= 15 is 0 Å². The number of aromatic nitrogens is 2. The lowest BCUT2D eigenvalue weighted by Gasteiger charge is -2.20. The van der Waals surface area contributed by atoms with Gasteiger partial charge in [0.2, 0.25) is 0 Å². The Bertz CT molecular complexity index is 1400. The van der Waals surface area contributed by atoms with Crippen LogP contribution in [0.3, 0.4) is 0 Å². The number of fused-ring (bicyclic) bond motifs is 1. The molecule has 0 bridgehead atoms. The molecule has 1 atom stereocenters. The summed E-state index contributed by atoms with van der Waals surface area (Å²) in [5.74, 6) is -1.04. The van der Waals surface area contributed by atoms with Crippen molar-refractivity contribution in [1.29, 1.82) is 0 Å². The van der Waals surface area contributed by atoms with Crippen LogP contribution in [-0.4, -0.2) is 52.9 Å². The lowest BCUT2D eigenvalue weighted by molar-refractivity contribution is 0.102. The van der Waals surface area contributed by atoms with Crippen molar-refractivity contribution < 1.29 is 18.7 Å². The number of halogens is 3. The first kappa shape index (κ1) is 25.9. The predicted octanol–water partition coefficient (Wildman–Crippen LogP) is 5.38. The number of β-amino-alcohol motifs (C(OH)–C–C–N with tert-alkyl or cyclic N) is 1. The Morgan fingerprint density at radius 3 is 2.32 bits per heavy atom. The predicted molar refractivity (Wildman–Crippen MR) is 145 cm³/mol. The molecule has 7 nitrogen and oxygen atoms in total. The summed E-state index contributed by atoms with van der Waals surface area (Å²) in [7, 11) is 0. The van der Waals surface area contributed by atoms with E-state index in [9.17, 15) is 18.7 Å². The third kappa shape index (κ3) is 5.89. The second-order valence-corrected chi connectivity index (χ2v) is 9.82. The first-order valence-electron chi connectivity index (χ1n) is 12.5. The summed E-state index contributed by atoms with van der Waals surface area (Å²) in [6.07, 6.45) is 6.32. The Kier molecular flexibility index (Phi) is 7.76. The normalized spacial score (nSPS) is 17.0. The molecule has 2 fully saturated rings. The van der Waals surface area contributed by atoms with Crippen molar-refractivity contribution >= 4 is 40.1 Å². The van der Waals surface area contributed by atoms with Crippen LogP contribution < -0.4 is 15.1 Å². The molecule has 1 amide bonds. The number of amides is 1. The molecular weight excluding hydrogens is 512 g/mol. The summed E-state index contributed by atoms with van der Waals surface area (Å²) in [5, 5.41) is 17.6. The quantitative estimate of drug-likeness (QED) is 0.364. The van der Waals surface area contributed by atoms with Gasteiger partial charge in [-0.25, -0.2) is 13.3 Å². The van der Waals surface area contributed by atoms with Crippen molar-refractivity contribution in [3.8, 4) is 0 Å². The molecule has 6 rings (SSSR count). The minimum absolute atomic E-state index is 0.219. The number of anilines is 3. The third-order valence-electron chi connectivity index (χ3n) is 6.73. The molecule has 2 aliphatic heterocycles. The van der Waals surface area contributed by atoms with Gasteiger partial charge in [-0.15, -0.1) is 0 Å². The number of hydrogen-bond donors (Lipinski definition) is 2. The van der Waals surface area contributed by atoms with Gasteiger partial charge in [0.25, 0.3) is 5.91 Å². The molecule has 1 unspecified atom stereocenters. The molecule has 0 radical (unpaired) electrons. The number of carbonyl (C=O) groups excluding carboxylic acids is 1. The zero-order valence-corrected chi connectivity index (χ0v) is 21.4. The van der Waals surface area contributed by atoms with Crippen molar-refractivity contribution in [2.45, 2.75) is 25.4 Å². The first-order valence-corrected chi connectivity index (χ1v) is 12.9. The smallest absolute Gasteiger partial charge is 0.259 e. The van der Waals surface area contributed by atoms with E-state index in [-0.39, 0.29) is 12.0 Å². The van der Waals surface area contributed by atoms with Crippen molar-refractivity contribution in [2.24, 2.45) is 0 Å². The Hall–Kier alpha value is -3.69. The van der Waals surface area contributed by atoms with Crippen LogP contribution in [0, 0.1) is 11.6 Å². The van der Waals surface area contributed by atoms with Crippen LogP contribution in [0.15, 0.2) is 67.0 Å². The lowest BCUT2D eigenvalue weighted by Crippen LogP contribution is -2.21. The summed E-state index contributed by atoms with van der Waals surface area (Å²) in [5.41, 5.74) is 3.93. The van der Waals surface area contributed by atoms with Crippen molar-refractivity contribution in [2.75, 3.05) is 41.3 Å². The monoisotopic (exact) mass is 539 g/mol. The van der Waals surface area contributed by atoms with E-state index in [0.717, 1.165) is 67.2 Å². The Balaban J connectivity index is 0.000000316. The van der Waals surface area contributed by atoms with Crippen molar-refractivity contribution in [3.63, 3.8) is 0 Å². The molecule has 4 aromatic rings. The summed E-state index contributed by atoms with van der Waals surface area (Å²) in [6.45, 7) is 3.44. The Morgan fingerprint density at radius 2 is 1.68 bits per heavy atom. The molecule has 2 aromatic heterocycles. The topological polar surface area (TPSA) is 73.1 Å². The van der Waals surface area contributed by atoms with Gasteiger partial charge in [0.05, 0.1) is 34.1 Å². The number of hydrogen-bond acceptors (Lipinski definition) is 5. The van der Waals surface area contributed by atoms with Gasteiger partial charge in [0, 0.05) is 43.8 Å². The molecule has 2 aromatic carbocycles. The number of pyridine rings is 1. The molecule has 0 aliphatic carbocycles. The molecule has 38 heavy (non-hydrogen) atoms. The van der Waals surface area contributed by atoms with Gasteiger partial charge in [0.1, 0.15) is 11.6 Å². The average Bonchev–Trinajstić information content (AvgIpc) is 3.67. The van der Waals surface area contributed by atoms with Gasteiger partial charge >= 0.3 is 0 Å². The van der Waals surface area contributed by atoms with Gasteiger partial charge in [-0.1, -0.05) is 11.6 Å². The fourth-order valence-corrected chi connectivity index (χ4v) is 5.05. The molecular formula is C28H28ClF2N5O2. The molecule has 2 N–H and O–H groups in total. The number of aliphatic hydroxyl groups excluding tert-OH is 1. The molecule has 0 spiro atoms. The van der Waals surface area contributed by atoms with E-state index in [1.807, 2.05) is 30.5 Å². The van der Waals surface area contributed by atoms with Crippen LogP contribution in [0.1, 0.15) is 29.6 Å². The standard InChI is InChI=1S/C22H24ClN5O2.C6H4F2/c23-19-11-15(3-4-20(19)27-9-6-17(29)14-27)25-22(30)18-13-24-28-10-5-16(12-21(18)28)26-7-1-2-8-26;7-5-1-2-6(8)4-3-5/h3-5,10-13,17,29H,1-2,6-9,14H2,(H,25,30);1-4H. The van der Waals surface area contributed by atoms with Gasteiger partial charge in [-0.05, 0) is 73.9 Å². The number of aliphatic hydroxyl groups is 1. The van der Waals surface area contributed by atoms with E-state index in [1.165, 1.54) is 12.8 Å². The number of carbonyl (C=O) groups is 1. The van der Waals surface area contributed by atoms with E-state index < -0.39 is 11.6 Å². The fraction of sp³-hybridized carbons (Fsp3) is 0.286. The van der Waals surface area contributed by atoms with Gasteiger partial charge in [0.15, 0.2) is 0 Å². The SMILES string of the molecule is Fc1ccc(F)cc1.O=C(Nc1ccc(N2CCC(O)C2)c(Cl)c1)c1cnn2ccc(N3CCCC3)cc12. The number of nitrogens with zero attached hydrogens (tertiary/aromatic N) is 4. The number of benzene rings is 2. The molecule has 198 valence electrons. The molecule has 10 heteroatoms. The number of rotatable bonds is 4. The maximum Gasteiger partial charge on any atom is 0.259 e. The average molecular weight is 540 g/mol. The zero-order valence-electron chi connectivity index (χ0n) is 20.7. The summed E-state index contributed by atoms with van der Waals surface area (Å²) in [4.78, 5) is 17.3. The Morgan fingerprint density at radius 1 is 0.974 bits per heavy atom. The first-order chi connectivity index (χ1) is 18.4. The second kappa shape index (κ2) is 11.4. The summed E-state index contributed by atoms with van der Waals surface area (Å²) in [6, 6.07) is 13.9. The minimum Gasteiger partial charge on any atom is -0.391 e. The lowest BCUT2D eigenvalue weighted by atomic mass is 10.2. The Labute approximate surface area is 224 Å². The largest absolute Gasteiger partial charge is 0.391 e. The summed E-state index contributed by atoms with van der Waals surface area (Å²) >= 11 is 6.46. The van der Waals surface area contributed by atoms with Crippen LogP contribution in [0.4, 0.5) is 25.8 Å². The van der Waals surface area contributed by atoms with E-state index in [1.54, 1.807) is 16.8 Å². The minimum atomic E-state index is -0.411. The highest BCUT2D eigenvalue weighted by molar-refractivity contribution is 6.33. The number of nitrogens with one attached hydrogen (secondary N) is 1. The van der Waals surface area contributed by atoms with Crippen LogP contribution >= 0.6 is 11.6 Å². The van der Waals surface area contributed by atoms with Crippen LogP contribution in [0.25, 0.3) is 5.52 Å². The van der Waals surface area contributed by atoms with Crippen LogP contribution in [0.5, 0.6) is 0 Å². The van der Waals surface area contributed by atoms with Crippen LogP contribution in [0.2, 0.25) is 5.02 Å². The summed E-state index contributed by atoms with van der Waals surface area (Å²) < 4.78 is 25.6. The van der Waals surface area contributed by atoms with Gasteiger partial charge < -0.3 is 20.2 Å². The van der Waals surface area contributed by atoms with Crippen molar-refractivity contribution in [1.82, 2.24) is 9.61 Å². The van der Waals surface area contributed by atoms with E-state index in [2.05, 4.69) is 20.2 Å². The maximum atomic E-state index is 13.0. The highest BCUT2D eigenvalue weighted by Crippen LogP contribution is 2.31. The third-order valence-corrected chi connectivity index (χ3v) is 7.04. The van der Waals surface area contributed by atoms with Gasteiger partial charge in [-0.3, -0.25) is 4.79 Å². The van der Waals surface area contributed by atoms with Crippen molar-refractivity contribution in [3.05, 3.63) is 89.2 Å². The fourth-order valence-electron chi connectivity index (χ4n) is 4.75. The molecule has 2 saturated heterocycles. The molecule has 2 aliphatic rings. The molecule has 4 heterocycles.